The van der Waals surface area contributed by atoms with Crippen LogP contribution in [0.3, 0.4) is 0 Å². The monoisotopic (exact) mass is 134 g/mol. The first-order valence-corrected chi connectivity index (χ1v) is 3.30. The van der Waals surface area contributed by atoms with Crippen LogP contribution in [0.15, 0.2) is 0 Å². The minimum Gasteiger partial charge on any atom is -0.299 e. The van der Waals surface area contributed by atoms with E-state index in [0.717, 1.165) is 0 Å². The summed E-state index contributed by atoms with van der Waals surface area (Å²) in [5, 5.41) is 0. The molecule has 0 radical (unpaired) electrons. The second-order valence-corrected chi connectivity index (χ2v) is 2.44. The van der Waals surface area contributed by atoms with Crippen molar-refractivity contribution in [3.8, 4) is 0 Å². The number of rotatable bonds is 3. The summed E-state index contributed by atoms with van der Waals surface area (Å²) in [7, 11) is 0. The van der Waals surface area contributed by atoms with Crippen LogP contribution in [0, 0.1) is 5.92 Å². The highest BCUT2D eigenvalue weighted by Crippen LogP contribution is 1.98. The van der Waals surface area contributed by atoms with Crippen LogP contribution in [0.2, 0.25) is 0 Å². The molecule has 2 heteroatoms. The summed E-state index contributed by atoms with van der Waals surface area (Å²) in [5.74, 6) is 0.852. The van der Waals surface area contributed by atoms with Gasteiger partial charge >= 0.3 is 0 Å². The van der Waals surface area contributed by atoms with E-state index in [4.69, 9.17) is 11.6 Å². The lowest BCUT2D eigenvalue weighted by atomic mass is 10.1. The Kier molecular flexibility index (Phi) is 3.88. The van der Waals surface area contributed by atoms with Crippen LogP contribution in [-0.2, 0) is 4.79 Å². The van der Waals surface area contributed by atoms with E-state index >= 15 is 0 Å². The van der Waals surface area contributed by atoms with Crippen molar-refractivity contribution in [2.24, 2.45) is 5.92 Å². The van der Waals surface area contributed by atoms with Crippen molar-refractivity contribution in [3.63, 3.8) is 0 Å². The van der Waals surface area contributed by atoms with E-state index in [1.165, 1.54) is 0 Å². The highest BCUT2D eigenvalue weighted by Gasteiger charge is 2.03. The van der Waals surface area contributed by atoms with Gasteiger partial charge in [0.2, 0.25) is 0 Å². The number of alkyl halides is 1. The molecule has 0 rings (SSSR count). The molecule has 0 aromatic carbocycles. The molecule has 48 valence electrons. The van der Waals surface area contributed by atoms with Gasteiger partial charge in [0.1, 0.15) is 5.78 Å². The Morgan fingerprint density at radius 3 is 2.25 bits per heavy atom. The highest BCUT2D eigenvalue weighted by molar-refractivity contribution is 6.19. The molecule has 0 spiro atoms. The van der Waals surface area contributed by atoms with Crippen molar-refractivity contribution in [1.29, 1.82) is 0 Å². The van der Waals surface area contributed by atoms with E-state index in [0.29, 0.717) is 12.3 Å². The van der Waals surface area contributed by atoms with Gasteiger partial charge in [0.25, 0.3) is 0 Å². The van der Waals surface area contributed by atoms with Crippen LogP contribution in [-0.4, -0.2) is 11.7 Å². The van der Waals surface area contributed by atoms with E-state index in [9.17, 15) is 4.79 Å². The van der Waals surface area contributed by atoms with Gasteiger partial charge in [-0.15, -0.1) is 11.6 Å². The Morgan fingerprint density at radius 1 is 1.62 bits per heavy atom. The maximum atomic E-state index is 10.7. The van der Waals surface area contributed by atoms with E-state index in [-0.39, 0.29) is 11.7 Å². The lowest BCUT2D eigenvalue weighted by molar-refractivity contribution is -0.121. The number of carbonyl (C=O) groups excluding carboxylic acids is 1. The van der Waals surface area contributed by atoms with Crippen molar-refractivity contribution in [2.45, 2.75) is 20.3 Å². The van der Waals surface area contributed by atoms with Crippen molar-refractivity contribution in [2.75, 3.05) is 5.88 Å². The molecule has 0 aliphatic heterocycles. The first-order chi connectivity index (χ1) is 3.68. The normalized spacial score (nSPS) is 10.0. The SMILES string of the molecule is CC(C)C(=O)CCCl. The Morgan fingerprint density at radius 2 is 2.12 bits per heavy atom. The molecule has 0 amide bonds. The molecule has 8 heavy (non-hydrogen) atoms. The summed E-state index contributed by atoms with van der Waals surface area (Å²) in [6, 6.07) is 0. The second kappa shape index (κ2) is 3.90. The van der Waals surface area contributed by atoms with Crippen molar-refractivity contribution in [3.05, 3.63) is 0 Å². The Balaban J connectivity index is 3.33. The summed E-state index contributed by atoms with van der Waals surface area (Å²) in [6.45, 7) is 3.77. The van der Waals surface area contributed by atoms with Crippen LogP contribution in [0.5, 0.6) is 0 Å². The molecule has 0 bridgehead atoms. The molecule has 0 atom stereocenters. The third kappa shape index (κ3) is 3.03. The number of Topliss-reactive ketones (excluding diaryl/α,β-unsaturated/α-hetero) is 1. The number of carbonyl (C=O) groups is 1. The lowest BCUT2D eigenvalue weighted by Crippen LogP contribution is -2.06. The molecular formula is C6H11ClO. The molecule has 0 aliphatic rings. The summed E-state index contributed by atoms with van der Waals surface area (Å²) in [5.41, 5.74) is 0. The fourth-order valence-electron chi connectivity index (χ4n) is 0.382. The zero-order chi connectivity index (χ0) is 6.57. The molecule has 0 aromatic rings. The Labute approximate surface area is 55.0 Å². The van der Waals surface area contributed by atoms with Crippen LogP contribution >= 0.6 is 11.6 Å². The maximum absolute atomic E-state index is 10.7. The van der Waals surface area contributed by atoms with Gasteiger partial charge in [0, 0.05) is 18.2 Å². The van der Waals surface area contributed by atoms with Gasteiger partial charge in [-0.25, -0.2) is 0 Å². The van der Waals surface area contributed by atoms with Gasteiger partial charge < -0.3 is 0 Å². The fraction of sp³-hybridized carbons (Fsp3) is 0.833. The minimum absolute atomic E-state index is 0.147. The third-order valence-electron chi connectivity index (χ3n) is 0.985. The molecule has 0 heterocycles. The summed E-state index contributed by atoms with van der Waals surface area (Å²) >= 11 is 5.32. The average Bonchev–Trinajstić information content (AvgIpc) is 1.67. The highest BCUT2D eigenvalue weighted by atomic mass is 35.5. The molecular weight excluding hydrogens is 124 g/mol. The average molecular weight is 135 g/mol. The van der Waals surface area contributed by atoms with Crippen LogP contribution < -0.4 is 0 Å². The first-order valence-electron chi connectivity index (χ1n) is 2.77. The first kappa shape index (κ1) is 7.96. The Bertz CT molecular complexity index is 78.6. The molecule has 0 saturated heterocycles. The number of hydrogen-bond acceptors (Lipinski definition) is 1. The number of ketones is 1. The summed E-state index contributed by atoms with van der Waals surface area (Å²) in [6.07, 6.45) is 0.513. The fourth-order valence-corrected chi connectivity index (χ4v) is 0.568. The Hall–Kier alpha value is -0.0400. The van der Waals surface area contributed by atoms with Gasteiger partial charge in [0.05, 0.1) is 0 Å². The predicted molar refractivity (Wildman–Crippen MR) is 35.2 cm³/mol. The largest absolute Gasteiger partial charge is 0.299 e. The van der Waals surface area contributed by atoms with Crippen molar-refractivity contribution < 1.29 is 4.79 Å². The van der Waals surface area contributed by atoms with Crippen LogP contribution in [0.25, 0.3) is 0 Å². The third-order valence-corrected chi connectivity index (χ3v) is 1.17. The van der Waals surface area contributed by atoms with E-state index in [1.807, 2.05) is 13.8 Å². The molecule has 1 nitrogen and oxygen atoms in total. The predicted octanol–water partition coefficient (Wildman–Crippen LogP) is 1.84. The zero-order valence-corrected chi connectivity index (χ0v) is 6.03. The van der Waals surface area contributed by atoms with E-state index < -0.39 is 0 Å². The maximum Gasteiger partial charge on any atom is 0.136 e. The zero-order valence-electron chi connectivity index (χ0n) is 5.28. The topological polar surface area (TPSA) is 17.1 Å². The molecule has 0 aromatic heterocycles. The number of hydrogen-bond donors (Lipinski definition) is 0. The second-order valence-electron chi connectivity index (χ2n) is 2.06. The summed E-state index contributed by atoms with van der Waals surface area (Å²) in [4.78, 5) is 10.7. The standard InChI is InChI=1S/C6H11ClO/c1-5(2)6(8)3-4-7/h5H,3-4H2,1-2H3. The van der Waals surface area contributed by atoms with Crippen molar-refractivity contribution in [1.82, 2.24) is 0 Å². The minimum atomic E-state index is 0.147. The molecule has 0 N–H and O–H groups in total. The number of halogens is 1. The van der Waals surface area contributed by atoms with Gasteiger partial charge in [-0.2, -0.15) is 0 Å². The van der Waals surface area contributed by atoms with Crippen LogP contribution in [0.4, 0.5) is 0 Å². The van der Waals surface area contributed by atoms with Crippen LogP contribution in [0.1, 0.15) is 20.3 Å². The quantitative estimate of drug-likeness (QED) is 0.539. The van der Waals surface area contributed by atoms with Gasteiger partial charge in [-0.05, 0) is 0 Å². The molecule has 0 unspecified atom stereocenters. The van der Waals surface area contributed by atoms with Gasteiger partial charge in [-0.1, -0.05) is 13.8 Å². The smallest absolute Gasteiger partial charge is 0.136 e. The van der Waals surface area contributed by atoms with Crippen molar-refractivity contribution >= 4 is 17.4 Å². The van der Waals surface area contributed by atoms with E-state index in [2.05, 4.69) is 0 Å². The van der Waals surface area contributed by atoms with E-state index in [1.54, 1.807) is 0 Å². The van der Waals surface area contributed by atoms with Gasteiger partial charge in [0.15, 0.2) is 0 Å². The van der Waals surface area contributed by atoms with Gasteiger partial charge in [-0.3, -0.25) is 4.79 Å². The summed E-state index contributed by atoms with van der Waals surface area (Å²) < 4.78 is 0. The molecule has 0 saturated carbocycles. The molecule has 0 fully saturated rings. The molecule has 0 aliphatic carbocycles. The lowest BCUT2D eigenvalue weighted by Gasteiger charge is -1.98.